The fourth-order valence-corrected chi connectivity index (χ4v) is 6.41. The van der Waals surface area contributed by atoms with Gasteiger partial charge in [0.25, 0.3) is 5.91 Å². The SMILES string of the molecule is CCCNC(=O)c1cc(C)sc1NC(=O)C12CC3CC1C[C@@H](C3)C2. The summed E-state index contributed by atoms with van der Waals surface area (Å²) in [4.78, 5) is 26.6. The first-order valence-corrected chi connectivity index (χ1v) is 10.0. The highest BCUT2D eigenvalue weighted by molar-refractivity contribution is 7.16. The molecule has 5 heteroatoms. The van der Waals surface area contributed by atoms with Crippen molar-refractivity contribution in [3.8, 4) is 0 Å². The summed E-state index contributed by atoms with van der Waals surface area (Å²) in [6, 6.07) is 1.89. The molecule has 0 aliphatic heterocycles. The second-order valence-corrected chi connectivity index (χ2v) is 9.27. The average molecular weight is 346 g/mol. The first kappa shape index (κ1) is 16.1. The average Bonchev–Trinajstić information content (AvgIpc) is 3.11. The van der Waals surface area contributed by atoms with Gasteiger partial charge in [0.1, 0.15) is 5.00 Å². The van der Waals surface area contributed by atoms with Crippen molar-refractivity contribution in [1.29, 1.82) is 0 Å². The molecule has 4 aliphatic rings. The molecule has 2 amide bonds. The second kappa shape index (κ2) is 5.87. The summed E-state index contributed by atoms with van der Waals surface area (Å²) >= 11 is 1.51. The van der Waals surface area contributed by atoms with Gasteiger partial charge in [-0.2, -0.15) is 0 Å². The summed E-state index contributed by atoms with van der Waals surface area (Å²) in [6.45, 7) is 4.68. The Labute approximate surface area is 147 Å². The van der Waals surface area contributed by atoms with Crippen LogP contribution in [0.4, 0.5) is 5.00 Å². The minimum absolute atomic E-state index is 0.0776. The van der Waals surface area contributed by atoms with Gasteiger partial charge in [0.2, 0.25) is 5.91 Å². The second-order valence-electron chi connectivity index (χ2n) is 8.01. The summed E-state index contributed by atoms with van der Waals surface area (Å²) in [5, 5.41) is 6.80. The van der Waals surface area contributed by atoms with Crippen LogP contribution in [0.5, 0.6) is 0 Å². The van der Waals surface area contributed by atoms with Gasteiger partial charge in [-0.1, -0.05) is 6.92 Å². The number of rotatable bonds is 5. The van der Waals surface area contributed by atoms with Crippen molar-refractivity contribution in [2.45, 2.75) is 52.4 Å². The van der Waals surface area contributed by atoms with Crippen molar-refractivity contribution in [3.05, 3.63) is 16.5 Å². The number of amides is 2. The van der Waals surface area contributed by atoms with E-state index in [-0.39, 0.29) is 17.2 Å². The van der Waals surface area contributed by atoms with Crippen molar-refractivity contribution in [3.63, 3.8) is 0 Å². The number of nitrogens with one attached hydrogen (secondary N) is 2. The summed E-state index contributed by atoms with van der Waals surface area (Å²) in [5.74, 6) is 2.17. The number of hydrogen-bond donors (Lipinski definition) is 2. The van der Waals surface area contributed by atoms with E-state index >= 15 is 0 Å². The van der Waals surface area contributed by atoms with E-state index in [1.165, 1.54) is 30.6 Å². The number of carbonyl (C=O) groups excluding carboxylic acids is 2. The quantitative estimate of drug-likeness (QED) is 0.848. The highest BCUT2D eigenvalue weighted by atomic mass is 32.1. The molecule has 5 rings (SSSR count). The zero-order chi connectivity index (χ0) is 16.9. The van der Waals surface area contributed by atoms with E-state index in [0.717, 1.165) is 41.0 Å². The zero-order valence-corrected chi connectivity index (χ0v) is 15.3. The minimum Gasteiger partial charge on any atom is -0.352 e. The van der Waals surface area contributed by atoms with Gasteiger partial charge in [-0.3, -0.25) is 9.59 Å². The van der Waals surface area contributed by atoms with Crippen LogP contribution in [0.3, 0.4) is 0 Å². The standard InChI is InChI=1S/C19H26N2O2S/c1-3-4-20-16(22)15-5-11(2)24-17(15)21-18(23)19-9-12-6-13(10-19)8-14(19)7-12/h5,12-14H,3-4,6-10H2,1-2H3,(H,20,22)(H,21,23)/t12-,13?,14?,19?/m1/s1. The van der Waals surface area contributed by atoms with Crippen LogP contribution in [-0.2, 0) is 4.79 Å². The van der Waals surface area contributed by atoms with Gasteiger partial charge in [0.15, 0.2) is 0 Å². The Morgan fingerprint density at radius 2 is 1.96 bits per heavy atom. The maximum Gasteiger partial charge on any atom is 0.254 e. The van der Waals surface area contributed by atoms with Gasteiger partial charge in [-0.25, -0.2) is 0 Å². The van der Waals surface area contributed by atoms with E-state index in [1.54, 1.807) is 0 Å². The number of anilines is 1. The normalized spacial score (nSPS) is 33.0. The smallest absolute Gasteiger partial charge is 0.254 e. The lowest BCUT2D eigenvalue weighted by Crippen LogP contribution is -2.37. The van der Waals surface area contributed by atoms with Gasteiger partial charge in [0.05, 0.1) is 11.0 Å². The third kappa shape index (κ3) is 2.48. The molecule has 0 radical (unpaired) electrons. The van der Waals surface area contributed by atoms with Crippen molar-refractivity contribution in [2.24, 2.45) is 23.2 Å². The molecule has 2 N–H and O–H groups in total. The number of aryl methyl sites for hydroxylation is 1. The number of thiophene rings is 1. The lowest BCUT2D eigenvalue weighted by Gasteiger charge is -2.31. The Morgan fingerprint density at radius 3 is 2.62 bits per heavy atom. The monoisotopic (exact) mass is 346 g/mol. The molecule has 4 nitrogen and oxygen atoms in total. The molecular formula is C19H26N2O2S. The summed E-state index contributed by atoms with van der Waals surface area (Å²) in [7, 11) is 0. The predicted molar refractivity (Wildman–Crippen MR) is 96.3 cm³/mol. The Bertz CT molecular complexity index is 667. The fraction of sp³-hybridized carbons (Fsp3) is 0.684. The van der Waals surface area contributed by atoms with Crippen molar-refractivity contribution >= 4 is 28.2 Å². The van der Waals surface area contributed by atoms with E-state index in [1.807, 2.05) is 19.9 Å². The van der Waals surface area contributed by atoms with E-state index in [9.17, 15) is 9.59 Å². The van der Waals surface area contributed by atoms with Gasteiger partial charge in [0, 0.05) is 11.4 Å². The molecule has 4 aliphatic carbocycles. The molecule has 0 saturated heterocycles. The Hall–Kier alpha value is -1.36. The Morgan fingerprint density at radius 1 is 1.25 bits per heavy atom. The van der Waals surface area contributed by atoms with Gasteiger partial charge >= 0.3 is 0 Å². The summed E-state index contributed by atoms with van der Waals surface area (Å²) in [6.07, 6.45) is 6.82. The third-order valence-corrected chi connectivity index (χ3v) is 7.27. The number of carbonyl (C=O) groups is 2. The van der Waals surface area contributed by atoms with Crippen molar-refractivity contribution < 1.29 is 9.59 Å². The predicted octanol–water partition coefficient (Wildman–Crippen LogP) is 3.96. The molecule has 4 atom stereocenters. The van der Waals surface area contributed by atoms with E-state index in [2.05, 4.69) is 10.6 Å². The molecule has 3 unspecified atom stereocenters. The van der Waals surface area contributed by atoms with E-state index in [0.29, 0.717) is 18.0 Å². The van der Waals surface area contributed by atoms with Gasteiger partial charge in [-0.15, -0.1) is 11.3 Å². The molecule has 0 aromatic carbocycles. The molecule has 1 aromatic rings. The van der Waals surface area contributed by atoms with Crippen LogP contribution < -0.4 is 10.6 Å². The molecule has 24 heavy (non-hydrogen) atoms. The highest BCUT2D eigenvalue weighted by Crippen LogP contribution is 2.65. The molecule has 130 valence electrons. The van der Waals surface area contributed by atoms with Crippen LogP contribution in [0.25, 0.3) is 0 Å². The maximum atomic E-state index is 13.1. The van der Waals surface area contributed by atoms with Crippen molar-refractivity contribution in [1.82, 2.24) is 5.32 Å². The van der Waals surface area contributed by atoms with Gasteiger partial charge in [-0.05, 0) is 69.3 Å². The van der Waals surface area contributed by atoms with Gasteiger partial charge < -0.3 is 10.6 Å². The molecular weight excluding hydrogens is 320 g/mol. The summed E-state index contributed by atoms with van der Waals surface area (Å²) in [5.41, 5.74) is 0.469. The third-order valence-electron chi connectivity index (χ3n) is 6.30. The molecule has 1 heterocycles. The molecule has 4 bridgehead atoms. The zero-order valence-electron chi connectivity index (χ0n) is 14.5. The van der Waals surface area contributed by atoms with Crippen LogP contribution >= 0.6 is 11.3 Å². The molecule has 0 spiro atoms. The van der Waals surface area contributed by atoms with E-state index in [4.69, 9.17) is 0 Å². The fourth-order valence-electron chi connectivity index (χ4n) is 5.50. The number of hydrogen-bond acceptors (Lipinski definition) is 3. The highest BCUT2D eigenvalue weighted by Gasteiger charge is 2.61. The first-order valence-electron chi connectivity index (χ1n) is 9.22. The van der Waals surface area contributed by atoms with Crippen molar-refractivity contribution in [2.75, 3.05) is 11.9 Å². The Kier molecular flexibility index (Phi) is 3.94. The van der Waals surface area contributed by atoms with Crippen LogP contribution in [0.2, 0.25) is 0 Å². The minimum atomic E-state index is -0.150. The molecule has 4 fully saturated rings. The topological polar surface area (TPSA) is 58.2 Å². The lowest BCUT2D eigenvalue weighted by molar-refractivity contribution is -0.127. The molecule has 1 aromatic heterocycles. The first-order chi connectivity index (χ1) is 11.5. The van der Waals surface area contributed by atoms with Crippen LogP contribution in [0.1, 0.15) is 60.7 Å². The van der Waals surface area contributed by atoms with Crippen LogP contribution in [0, 0.1) is 30.1 Å². The largest absolute Gasteiger partial charge is 0.352 e. The summed E-state index contributed by atoms with van der Waals surface area (Å²) < 4.78 is 0. The lowest BCUT2D eigenvalue weighted by atomic mass is 9.75. The maximum absolute atomic E-state index is 13.1. The van der Waals surface area contributed by atoms with E-state index < -0.39 is 0 Å². The van der Waals surface area contributed by atoms with Crippen LogP contribution in [0.15, 0.2) is 6.07 Å². The Balaban J connectivity index is 1.54. The molecule has 4 saturated carbocycles. The van der Waals surface area contributed by atoms with Crippen LogP contribution in [-0.4, -0.2) is 18.4 Å².